The number of nitrogens with zero attached hydrogens (tertiary/aromatic N) is 1. The van der Waals surface area contributed by atoms with Crippen LogP contribution in [0.3, 0.4) is 0 Å². The molecule has 2 atom stereocenters. The molecule has 3 rings (SSSR count). The minimum absolute atomic E-state index is 0.0718. The van der Waals surface area contributed by atoms with Crippen LogP contribution in [0, 0.1) is 10.2 Å². The van der Waals surface area contributed by atoms with E-state index < -0.39 is 10.2 Å². The number of fused-ring (bicyclic) bond motifs is 3. The van der Waals surface area contributed by atoms with Gasteiger partial charge in [-0.05, 0) is 31.6 Å². The van der Waals surface area contributed by atoms with E-state index >= 15 is 0 Å². The van der Waals surface area contributed by atoms with E-state index in [9.17, 15) is 4.79 Å². The molecule has 0 aromatic heterocycles. The molecule has 23 heavy (non-hydrogen) atoms. The first kappa shape index (κ1) is 18.3. The second kappa shape index (κ2) is 6.80. The lowest BCUT2D eigenvalue weighted by atomic mass is 10.1. The Bertz CT molecular complexity index is 637. The molecule has 0 N–H and O–H groups in total. The van der Waals surface area contributed by atoms with Crippen LogP contribution in [0.4, 0.5) is 5.69 Å². The molecule has 2 heterocycles. The Hall–Kier alpha value is -1.09. The summed E-state index contributed by atoms with van der Waals surface area (Å²) in [5.74, 6) is 1.36. The van der Waals surface area contributed by atoms with Crippen molar-refractivity contribution in [3.8, 4) is 0 Å². The molecule has 8 heteroatoms. The maximum atomic E-state index is 12.5. The van der Waals surface area contributed by atoms with Crippen LogP contribution < -0.4 is 23.5 Å². The summed E-state index contributed by atoms with van der Waals surface area (Å²) in [4.78, 5) is 15.7. The van der Waals surface area contributed by atoms with Gasteiger partial charge in [0.15, 0.2) is 4.90 Å². The van der Waals surface area contributed by atoms with Crippen LogP contribution >= 0.6 is 0 Å². The summed E-state index contributed by atoms with van der Waals surface area (Å²) in [7, 11) is -2.97. The number of carbonyl (C=O) groups is 1. The van der Waals surface area contributed by atoms with Gasteiger partial charge in [-0.1, -0.05) is 17.7 Å². The third-order valence-electron chi connectivity index (χ3n) is 4.05. The van der Waals surface area contributed by atoms with E-state index in [0.717, 1.165) is 17.9 Å². The zero-order valence-electron chi connectivity index (χ0n) is 13.1. The smallest absolute Gasteiger partial charge is 0.280 e. The van der Waals surface area contributed by atoms with Crippen molar-refractivity contribution >= 4 is 22.5 Å². The van der Waals surface area contributed by atoms with Gasteiger partial charge in [0.1, 0.15) is 5.75 Å². The van der Waals surface area contributed by atoms with Gasteiger partial charge in [-0.2, -0.15) is 0 Å². The number of halogens is 1. The maximum absolute atomic E-state index is 12.5. The van der Waals surface area contributed by atoms with E-state index in [2.05, 4.69) is 32.0 Å². The van der Waals surface area contributed by atoms with Crippen molar-refractivity contribution in [2.75, 3.05) is 17.7 Å². The van der Waals surface area contributed by atoms with Crippen molar-refractivity contribution in [3.63, 3.8) is 0 Å². The summed E-state index contributed by atoms with van der Waals surface area (Å²) in [6.07, 6.45) is 0.937. The van der Waals surface area contributed by atoms with Crippen molar-refractivity contribution in [2.45, 2.75) is 30.4 Å². The van der Waals surface area contributed by atoms with Gasteiger partial charge >= 0.3 is 0 Å². The molecule has 0 saturated heterocycles. The lowest BCUT2D eigenvalue weighted by Crippen LogP contribution is -2.68. The summed E-state index contributed by atoms with van der Waals surface area (Å²) < 4.78 is 34.0. The Morgan fingerprint density at radius 1 is 1.13 bits per heavy atom. The Morgan fingerprint density at radius 2 is 1.70 bits per heavy atom. The zero-order valence-corrected chi connectivity index (χ0v) is 14.6. The van der Waals surface area contributed by atoms with Crippen molar-refractivity contribution in [3.05, 3.63) is 35.4 Å². The predicted molar refractivity (Wildman–Crippen MR) is 77.1 cm³/mol. The van der Waals surface area contributed by atoms with Crippen LogP contribution in [-0.4, -0.2) is 24.0 Å². The number of benzene rings is 1. The summed E-state index contributed by atoms with van der Waals surface area (Å²) in [5.41, 5.74) is 3.99. The van der Waals surface area contributed by atoms with Gasteiger partial charge in [0.2, 0.25) is 5.25 Å². The molecule has 6 nitrogen and oxygen atoms in total. The van der Waals surface area contributed by atoms with E-state index in [1.54, 1.807) is 0 Å². The lowest BCUT2D eigenvalue weighted by molar-refractivity contribution is -2.00. The summed E-state index contributed by atoms with van der Waals surface area (Å²) in [5, 5.41) is 0.175. The summed E-state index contributed by atoms with van der Waals surface area (Å²) in [6.45, 7) is 4.38. The summed E-state index contributed by atoms with van der Waals surface area (Å²) >= 11 is 0. The highest BCUT2D eigenvalue weighted by molar-refractivity contribution is 7.98. The fraction of sp³-hybridized carbons (Fsp3) is 0.400. The first-order valence-electron chi connectivity index (χ1n) is 6.93. The molecule has 1 aromatic rings. The van der Waals surface area contributed by atoms with Crippen molar-refractivity contribution in [1.29, 1.82) is 0 Å². The quantitative estimate of drug-likeness (QED) is 0.392. The van der Waals surface area contributed by atoms with Gasteiger partial charge in [-0.3, -0.25) is 4.79 Å². The molecule has 0 bridgehead atoms. The van der Waals surface area contributed by atoms with Gasteiger partial charge in [0.05, 0.1) is 5.69 Å². The molecule has 0 aliphatic carbocycles. The number of para-hydroxylation sites is 1. The van der Waals surface area contributed by atoms with Gasteiger partial charge in [-0.25, -0.2) is 18.6 Å². The summed E-state index contributed by atoms with van der Waals surface area (Å²) in [6, 6.07) is 8.37. The first-order chi connectivity index (χ1) is 10.6. The highest BCUT2D eigenvalue weighted by Crippen LogP contribution is 2.40. The Balaban J connectivity index is 0.000000338. The molecule has 0 spiro atoms. The topological polar surface area (TPSA) is 113 Å². The van der Waals surface area contributed by atoms with Gasteiger partial charge in [-0.15, -0.1) is 10.2 Å². The van der Waals surface area contributed by atoms with Crippen LogP contribution in [0.1, 0.15) is 20.3 Å². The van der Waals surface area contributed by atoms with Gasteiger partial charge in [0, 0.05) is 24.4 Å². The van der Waals surface area contributed by atoms with Crippen LogP contribution in [-0.2, 0) is 15.7 Å². The molecule has 2 aliphatic heterocycles. The molecular weight excluding hydrogens is 342 g/mol. The molecule has 2 aliphatic rings. The number of hydrogen-bond acceptors (Lipinski definition) is 5. The van der Waals surface area contributed by atoms with Gasteiger partial charge in [0.25, 0.3) is 5.91 Å². The van der Waals surface area contributed by atoms with Crippen LogP contribution in [0.2, 0.25) is 0 Å². The highest BCUT2D eigenvalue weighted by atomic mass is 35.7. The fourth-order valence-corrected chi connectivity index (χ4v) is 5.70. The van der Waals surface area contributed by atoms with E-state index in [1.807, 2.05) is 18.0 Å². The SMILES string of the molecule is CC1=C(C)C[S+]2c3ccccc3N(C)C(=O)C2C1.[O-][Cl+3]([O-])([O-])[O-]. The number of hydrogen-bond donors (Lipinski definition) is 0. The van der Waals surface area contributed by atoms with Crippen molar-refractivity contribution < 1.29 is 33.7 Å². The Kier molecular flexibility index (Phi) is 5.40. The zero-order chi connectivity index (χ0) is 17.4. The van der Waals surface area contributed by atoms with Crippen LogP contribution in [0.15, 0.2) is 40.3 Å². The molecular formula is C15H18ClNO5S. The van der Waals surface area contributed by atoms with E-state index in [0.29, 0.717) is 5.91 Å². The molecule has 126 valence electrons. The third-order valence-corrected chi connectivity index (χ3v) is 6.76. The third kappa shape index (κ3) is 4.26. The normalized spacial score (nSPS) is 23.8. The second-order valence-electron chi connectivity index (χ2n) is 5.57. The molecule has 0 saturated carbocycles. The van der Waals surface area contributed by atoms with Crippen LogP contribution in [0.5, 0.6) is 0 Å². The molecule has 0 radical (unpaired) electrons. The monoisotopic (exact) mass is 359 g/mol. The Labute approximate surface area is 140 Å². The van der Waals surface area contributed by atoms with Gasteiger partial charge < -0.3 is 4.90 Å². The molecule has 0 fully saturated rings. The fourth-order valence-electron chi connectivity index (χ4n) is 2.74. The largest absolute Gasteiger partial charge is 0.307 e. The van der Waals surface area contributed by atoms with E-state index in [4.69, 9.17) is 18.6 Å². The maximum Gasteiger partial charge on any atom is 0.280 e. The minimum atomic E-state index is -4.94. The van der Waals surface area contributed by atoms with Crippen molar-refractivity contribution in [2.24, 2.45) is 0 Å². The number of carbonyl (C=O) groups excluding carboxylic acids is 1. The molecule has 1 amide bonds. The predicted octanol–water partition coefficient (Wildman–Crippen LogP) is -2.01. The molecule has 2 unspecified atom stereocenters. The minimum Gasteiger partial charge on any atom is -0.307 e. The molecule has 1 aromatic carbocycles. The lowest BCUT2D eigenvalue weighted by Gasteiger charge is -2.33. The average Bonchev–Trinajstić information content (AvgIpc) is 2.45. The number of rotatable bonds is 0. The first-order valence-corrected chi connectivity index (χ1v) is 9.62. The number of allylic oxidation sites excluding steroid dienone is 1. The van der Waals surface area contributed by atoms with Crippen LogP contribution in [0.25, 0.3) is 0 Å². The number of anilines is 1. The standard InChI is InChI=1S/C15H18NOS.ClHO4/c1-10-8-14-15(17)16(3)12-6-4-5-7-13(12)18(14)9-11(10)2;2-1(3,4)5/h4-7,14H,8-9H2,1-3H3;(H,2,3,4,5)/q+1;/p-1. The average molecular weight is 360 g/mol. The Morgan fingerprint density at radius 3 is 2.30 bits per heavy atom. The second-order valence-corrected chi connectivity index (χ2v) is 8.48. The van der Waals surface area contributed by atoms with E-state index in [1.165, 1.54) is 16.0 Å². The highest BCUT2D eigenvalue weighted by Gasteiger charge is 2.49. The van der Waals surface area contributed by atoms with E-state index in [-0.39, 0.29) is 16.1 Å². The number of amides is 1. The van der Waals surface area contributed by atoms with Crippen molar-refractivity contribution in [1.82, 2.24) is 0 Å².